The van der Waals surface area contributed by atoms with Crippen molar-refractivity contribution >= 4 is 11.6 Å². The zero-order chi connectivity index (χ0) is 17.3. The Bertz CT molecular complexity index is 931. The Morgan fingerprint density at radius 3 is 2.75 bits per heavy atom. The maximum absolute atomic E-state index is 11.6. The lowest BCUT2D eigenvalue weighted by Crippen LogP contribution is -2.09. The first-order valence-electron chi connectivity index (χ1n) is 7.76. The molecule has 7 heteroatoms. The van der Waals surface area contributed by atoms with Crippen molar-refractivity contribution < 1.29 is 0 Å². The molecule has 3 rings (SSSR count). The van der Waals surface area contributed by atoms with Crippen molar-refractivity contribution in [2.75, 3.05) is 0 Å². The predicted octanol–water partition coefficient (Wildman–Crippen LogP) is 3.16. The van der Waals surface area contributed by atoms with E-state index in [1.165, 1.54) is 11.6 Å². The number of hydrogen-bond acceptors (Lipinski definition) is 4. The highest BCUT2D eigenvalue weighted by molar-refractivity contribution is 6.31. The average Bonchev–Trinajstić information content (AvgIpc) is 3.03. The van der Waals surface area contributed by atoms with Gasteiger partial charge in [-0.1, -0.05) is 35.9 Å². The van der Waals surface area contributed by atoms with E-state index in [0.717, 1.165) is 12.0 Å². The first-order chi connectivity index (χ1) is 11.5. The van der Waals surface area contributed by atoms with Crippen LogP contribution >= 0.6 is 11.6 Å². The Labute approximate surface area is 144 Å². The molecule has 0 unspecified atom stereocenters. The number of benzene rings is 1. The van der Waals surface area contributed by atoms with E-state index in [1.807, 2.05) is 19.1 Å². The van der Waals surface area contributed by atoms with Crippen molar-refractivity contribution in [1.29, 1.82) is 0 Å². The zero-order valence-electron chi connectivity index (χ0n) is 13.7. The van der Waals surface area contributed by atoms with Crippen LogP contribution in [0.25, 0.3) is 11.4 Å². The molecule has 1 aromatic carbocycles. The van der Waals surface area contributed by atoms with Crippen LogP contribution in [-0.2, 0) is 6.42 Å². The fourth-order valence-electron chi connectivity index (χ4n) is 2.57. The number of hydrogen-bond donors (Lipinski definition) is 1. The van der Waals surface area contributed by atoms with E-state index < -0.39 is 0 Å². The number of aromatic nitrogens is 5. The van der Waals surface area contributed by atoms with Gasteiger partial charge in [-0.3, -0.25) is 4.79 Å². The summed E-state index contributed by atoms with van der Waals surface area (Å²) in [4.78, 5) is 18.5. The Balaban J connectivity index is 1.94. The topological polar surface area (TPSA) is 76.5 Å². The van der Waals surface area contributed by atoms with Gasteiger partial charge in [0.15, 0.2) is 0 Å². The molecule has 0 aliphatic rings. The van der Waals surface area contributed by atoms with E-state index in [-0.39, 0.29) is 11.6 Å². The van der Waals surface area contributed by atoms with Gasteiger partial charge in [-0.25, -0.2) is 9.67 Å². The van der Waals surface area contributed by atoms with Gasteiger partial charge < -0.3 is 4.98 Å². The molecule has 2 heterocycles. The van der Waals surface area contributed by atoms with E-state index in [4.69, 9.17) is 11.6 Å². The monoisotopic (exact) mass is 343 g/mol. The molecule has 1 atom stereocenters. The largest absolute Gasteiger partial charge is 0.311 e. The highest BCUT2D eigenvalue weighted by Crippen LogP contribution is 2.27. The number of H-pyrrole nitrogens is 1. The summed E-state index contributed by atoms with van der Waals surface area (Å²) in [6, 6.07) is 7.40. The molecule has 0 saturated carbocycles. The summed E-state index contributed by atoms with van der Waals surface area (Å²) in [5.74, 6) is 0.540. The normalized spacial score (nSPS) is 12.3. The third kappa shape index (κ3) is 3.23. The van der Waals surface area contributed by atoms with Crippen LogP contribution in [0.5, 0.6) is 0 Å². The van der Waals surface area contributed by atoms with Gasteiger partial charge in [-0.2, -0.15) is 0 Å². The first kappa shape index (κ1) is 16.4. The van der Waals surface area contributed by atoms with Gasteiger partial charge in [-0.15, -0.1) is 5.10 Å². The Morgan fingerprint density at radius 1 is 1.29 bits per heavy atom. The smallest absolute Gasteiger partial charge is 0.251 e. The standard InChI is InChI=1S/C17H18ClN5O/c1-4-12-5-6-13(14(18)7-12)10(2)23-9-16(21-22-23)15-8-17(24)20-11(3)19-15/h5-10H,4H2,1-3H3,(H,19,20,24)/t10-/m0/s1. The van der Waals surface area contributed by atoms with Gasteiger partial charge in [0.2, 0.25) is 0 Å². The summed E-state index contributed by atoms with van der Waals surface area (Å²) in [7, 11) is 0. The van der Waals surface area contributed by atoms with Crippen LogP contribution < -0.4 is 5.56 Å². The quantitative estimate of drug-likeness (QED) is 0.789. The van der Waals surface area contributed by atoms with Crippen LogP contribution in [0.15, 0.2) is 35.3 Å². The van der Waals surface area contributed by atoms with Crippen molar-refractivity contribution in [2.24, 2.45) is 0 Å². The lowest BCUT2D eigenvalue weighted by Gasteiger charge is -2.14. The van der Waals surface area contributed by atoms with Crippen molar-refractivity contribution in [3.05, 3.63) is 62.8 Å². The molecule has 124 valence electrons. The molecule has 1 N–H and O–H groups in total. The van der Waals surface area contributed by atoms with Crippen molar-refractivity contribution in [3.8, 4) is 11.4 Å². The van der Waals surface area contributed by atoms with Crippen molar-refractivity contribution in [1.82, 2.24) is 25.0 Å². The molecule has 0 bridgehead atoms. The molecule has 0 radical (unpaired) electrons. The van der Waals surface area contributed by atoms with Gasteiger partial charge in [0.25, 0.3) is 5.56 Å². The minimum atomic E-state index is -0.210. The predicted molar refractivity (Wildman–Crippen MR) is 93.3 cm³/mol. The molecule has 0 aliphatic carbocycles. The van der Waals surface area contributed by atoms with Crippen LogP contribution in [0, 0.1) is 6.92 Å². The van der Waals surface area contributed by atoms with Gasteiger partial charge in [0.05, 0.1) is 17.9 Å². The lowest BCUT2D eigenvalue weighted by molar-refractivity contribution is 0.543. The molecule has 2 aromatic heterocycles. The van der Waals surface area contributed by atoms with Gasteiger partial charge >= 0.3 is 0 Å². The minimum Gasteiger partial charge on any atom is -0.311 e. The summed E-state index contributed by atoms with van der Waals surface area (Å²) in [5, 5.41) is 9.01. The second kappa shape index (κ2) is 6.57. The highest BCUT2D eigenvalue weighted by atomic mass is 35.5. The van der Waals surface area contributed by atoms with Crippen molar-refractivity contribution in [2.45, 2.75) is 33.2 Å². The summed E-state index contributed by atoms with van der Waals surface area (Å²) >= 11 is 6.40. The fourth-order valence-corrected chi connectivity index (χ4v) is 2.93. The third-order valence-electron chi connectivity index (χ3n) is 3.95. The Morgan fingerprint density at radius 2 is 2.08 bits per heavy atom. The molecular weight excluding hydrogens is 326 g/mol. The summed E-state index contributed by atoms with van der Waals surface area (Å²) < 4.78 is 1.72. The molecule has 6 nitrogen and oxygen atoms in total. The first-order valence-corrected chi connectivity index (χ1v) is 8.14. The van der Waals surface area contributed by atoms with Gasteiger partial charge in [-0.05, 0) is 37.5 Å². The summed E-state index contributed by atoms with van der Waals surface area (Å²) in [6.45, 7) is 5.82. The van der Waals surface area contributed by atoms with E-state index in [2.05, 4.69) is 33.3 Å². The second-order valence-corrected chi connectivity index (χ2v) is 6.09. The van der Waals surface area contributed by atoms with E-state index >= 15 is 0 Å². The number of nitrogens with one attached hydrogen (secondary N) is 1. The van der Waals surface area contributed by atoms with Crippen LogP contribution in [0.1, 0.15) is 36.8 Å². The number of aromatic amines is 1. The van der Waals surface area contributed by atoms with Crippen molar-refractivity contribution in [3.63, 3.8) is 0 Å². The Hall–Kier alpha value is -2.47. The van der Waals surface area contributed by atoms with E-state index in [1.54, 1.807) is 17.8 Å². The third-order valence-corrected chi connectivity index (χ3v) is 4.28. The second-order valence-electron chi connectivity index (χ2n) is 5.69. The number of aryl methyl sites for hydroxylation is 2. The number of halogens is 1. The summed E-state index contributed by atoms with van der Waals surface area (Å²) in [5.41, 5.74) is 3.01. The molecule has 0 aliphatic heterocycles. The van der Waals surface area contributed by atoms with Crippen LogP contribution in [0.2, 0.25) is 5.02 Å². The van der Waals surface area contributed by atoms with Crippen LogP contribution in [-0.4, -0.2) is 25.0 Å². The zero-order valence-corrected chi connectivity index (χ0v) is 14.5. The molecule has 3 aromatic rings. The molecular formula is C17H18ClN5O. The SMILES string of the molecule is CCc1ccc([C@H](C)n2cc(-c3cc(=O)[nH]c(C)n3)nn2)c(Cl)c1. The highest BCUT2D eigenvalue weighted by Gasteiger charge is 2.15. The fraction of sp³-hybridized carbons (Fsp3) is 0.294. The van der Waals surface area contributed by atoms with Gasteiger partial charge in [0.1, 0.15) is 11.5 Å². The number of nitrogens with zero attached hydrogens (tertiary/aromatic N) is 4. The lowest BCUT2D eigenvalue weighted by atomic mass is 10.0. The molecule has 0 amide bonds. The molecule has 0 fully saturated rings. The molecule has 24 heavy (non-hydrogen) atoms. The summed E-state index contributed by atoms with van der Waals surface area (Å²) in [6.07, 6.45) is 2.71. The maximum Gasteiger partial charge on any atom is 0.251 e. The van der Waals surface area contributed by atoms with E-state index in [0.29, 0.717) is 22.2 Å². The minimum absolute atomic E-state index is 0.0762. The molecule has 0 saturated heterocycles. The van der Waals surface area contributed by atoms with Crippen LogP contribution in [0.3, 0.4) is 0 Å². The average molecular weight is 344 g/mol. The molecule has 0 spiro atoms. The van der Waals surface area contributed by atoms with E-state index in [9.17, 15) is 4.79 Å². The van der Waals surface area contributed by atoms with Crippen LogP contribution in [0.4, 0.5) is 0 Å². The maximum atomic E-state index is 11.6. The number of rotatable bonds is 4. The Kier molecular flexibility index (Phi) is 4.49. The van der Waals surface area contributed by atoms with Gasteiger partial charge in [0, 0.05) is 11.1 Å².